The first-order valence-corrected chi connectivity index (χ1v) is 13.5. The van der Waals surface area contributed by atoms with Crippen LogP contribution in [0.2, 0.25) is 0 Å². The van der Waals surface area contributed by atoms with E-state index in [4.69, 9.17) is 4.74 Å². The van der Waals surface area contributed by atoms with Gasteiger partial charge in [0, 0.05) is 30.9 Å². The number of amides is 2. The van der Waals surface area contributed by atoms with Crippen LogP contribution < -0.4 is 15.4 Å². The lowest BCUT2D eigenvalue weighted by atomic mass is 10.1. The zero-order valence-electron chi connectivity index (χ0n) is 19.9. The number of nitrogens with one attached hydrogen (secondary N) is 3. The lowest BCUT2D eigenvalue weighted by molar-refractivity contribution is 0.136. The molecule has 1 fully saturated rings. The van der Waals surface area contributed by atoms with Crippen LogP contribution in [0.15, 0.2) is 60.9 Å². The van der Waals surface area contributed by atoms with Gasteiger partial charge in [-0.1, -0.05) is 36.4 Å². The number of carbonyl (C=O) groups excluding carboxylic acids is 1. The molecule has 1 aliphatic heterocycles. The van der Waals surface area contributed by atoms with Crippen LogP contribution in [0.3, 0.4) is 0 Å². The molecule has 2 amide bonds. The summed E-state index contributed by atoms with van der Waals surface area (Å²) in [4.78, 5) is 12.8. The van der Waals surface area contributed by atoms with E-state index in [1.807, 2.05) is 55.5 Å². The number of hydrogen-bond acceptors (Lipinski definition) is 5. The van der Waals surface area contributed by atoms with Gasteiger partial charge in [-0.2, -0.15) is 5.10 Å². The van der Waals surface area contributed by atoms with Crippen molar-refractivity contribution in [1.29, 1.82) is 0 Å². The SMILES string of the molecule is CC(Cc1ccccc1)NC(=O)Nc1ccc(-c2cn[nH]c2)cc1OC1CCN(S(C)(=O)=O)CC1. The number of benzene rings is 2. The number of urea groups is 1. The molecule has 9 nitrogen and oxygen atoms in total. The summed E-state index contributed by atoms with van der Waals surface area (Å²) in [6.07, 6.45) is 6.43. The average molecular weight is 498 g/mol. The fourth-order valence-electron chi connectivity index (χ4n) is 4.17. The van der Waals surface area contributed by atoms with Crippen molar-refractivity contribution in [2.24, 2.45) is 0 Å². The van der Waals surface area contributed by atoms with Gasteiger partial charge in [-0.15, -0.1) is 0 Å². The summed E-state index contributed by atoms with van der Waals surface area (Å²) in [5.74, 6) is 0.535. The molecule has 0 aliphatic carbocycles. The molecule has 0 radical (unpaired) electrons. The number of sulfonamides is 1. The van der Waals surface area contributed by atoms with Crippen molar-refractivity contribution < 1.29 is 17.9 Å². The van der Waals surface area contributed by atoms with Crippen molar-refractivity contribution in [1.82, 2.24) is 19.8 Å². The standard InChI is InChI=1S/C25H31N5O4S/c1-18(14-19-6-4-3-5-7-19)28-25(31)29-23-9-8-20(21-16-26-27-17-21)15-24(23)34-22-10-12-30(13-11-22)35(2,32)33/h3-9,15-18,22H,10-14H2,1-2H3,(H,26,27)(H2,28,29,31). The molecule has 1 unspecified atom stereocenters. The maximum absolute atomic E-state index is 12.8. The molecule has 186 valence electrons. The highest BCUT2D eigenvalue weighted by Gasteiger charge is 2.26. The highest BCUT2D eigenvalue weighted by atomic mass is 32.2. The second kappa shape index (κ2) is 10.9. The maximum Gasteiger partial charge on any atom is 0.319 e. The van der Waals surface area contributed by atoms with E-state index in [9.17, 15) is 13.2 Å². The number of rotatable bonds is 8. The Balaban J connectivity index is 1.45. The first-order valence-electron chi connectivity index (χ1n) is 11.6. The van der Waals surface area contributed by atoms with E-state index in [-0.39, 0.29) is 18.2 Å². The molecule has 3 N–H and O–H groups in total. The average Bonchev–Trinajstić information content (AvgIpc) is 3.35. The molecule has 3 aromatic rings. The number of piperidine rings is 1. The third kappa shape index (κ3) is 6.83. The second-order valence-electron chi connectivity index (χ2n) is 8.87. The van der Waals surface area contributed by atoms with Crippen LogP contribution in [0.25, 0.3) is 11.1 Å². The topological polar surface area (TPSA) is 116 Å². The van der Waals surface area contributed by atoms with E-state index < -0.39 is 10.0 Å². The lowest BCUT2D eigenvalue weighted by Gasteiger charge is -2.31. The minimum absolute atomic E-state index is 0.0627. The minimum Gasteiger partial charge on any atom is -0.488 e. The van der Waals surface area contributed by atoms with Crippen LogP contribution >= 0.6 is 0 Å². The predicted molar refractivity (Wildman–Crippen MR) is 136 cm³/mol. The van der Waals surface area contributed by atoms with Crippen molar-refractivity contribution in [2.45, 2.75) is 38.3 Å². The summed E-state index contributed by atoms with van der Waals surface area (Å²) < 4.78 is 31.4. The van der Waals surface area contributed by atoms with Crippen molar-refractivity contribution >= 4 is 21.7 Å². The molecule has 0 bridgehead atoms. The van der Waals surface area contributed by atoms with Gasteiger partial charge in [-0.3, -0.25) is 5.10 Å². The van der Waals surface area contributed by atoms with E-state index in [0.717, 1.165) is 23.1 Å². The summed E-state index contributed by atoms with van der Waals surface area (Å²) in [6, 6.07) is 15.2. The molecule has 4 rings (SSSR count). The summed E-state index contributed by atoms with van der Waals surface area (Å²) in [5.41, 5.74) is 3.49. The van der Waals surface area contributed by atoms with E-state index >= 15 is 0 Å². The van der Waals surface area contributed by atoms with Crippen molar-refractivity contribution in [3.8, 4) is 16.9 Å². The third-order valence-corrected chi connectivity index (χ3v) is 7.29. The van der Waals surface area contributed by atoms with Gasteiger partial charge in [-0.25, -0.2) is 17.5 Å². The molecule has 1 aromatic heterocycles. The van der Waals surface area contributed by atoms with Crippen LogP contribution in [0.4, 0.5) is 10.5 Å². The Morgan fingerprint density at radius 1 is 1.17 bits per heavy atom. The van der Waals surface area contributed by atoms with Crippen LogP contribution in [-0.4, -0.2) is 60.4 Å². The number of nitrogens with zero attached hydrogens (tertiary/aromatic N) is 2. The van der Waals surface area contributed by atoms with Gasteiger partial charge < -0.3 is 15.4 Å². The molecular weight excluding hydrogens is 466 g/mol. The van der Waals surface area contributed by atoms with Crippen molar-refractivity contribution in [2.75, 3.05) is 24.7 Å². The number of hydrogen-bond donors (Lipinski definition) is 3. The number of H-pyrrole nitrogens is 1. The Labute approximate surface area is 205 Å². The monoisotopic (exact) mass is 497 g/mol. The molecule has 0 saturated carbocycles. The summed E-state index contributed by atoms with van der Waals surface area (Å²) in [7, 11) is -3.21. The van der Waals surface area contributed by atoms with E-state index in [1.54, 1.807) is 12.4 Å². The Morgan fingerprint density at radius 3 is 2.57 bits per heavy atom. The van der Waals surface area contributed by atoms with E-state index in [2.05, 4.69) is 20.8 Å². The van der Waals surface area contributed by atoms with Crippen molar-refractivity contribution in [3.63, 3.8) is 0 Å². The Hall–Kier alpha value is -3.37. The molecule has 0 spiro atoms. The van der Waals surface area contributed by atoms with Gasteiger partial charge >= 0.3 is 6.03 Å². The highest BCUT2D eigenvalue weighted by molar-refractivity contribution is 7.88. The van der Waals surface area contributed by atoms with Gasteiger partial charge in [0.2, 0.25) is 10.0 Å². The first kappa shape index (κ1) is 24.7. The van der Waals surface area contributed by atoms with Gasteiger partial charge in [-0.05, 0) is 49.4 Å². The number of aromatic nitrogens is 2. The minimum atomic E-state index is -3.21. The molecule has 35 heavy (non-hydrogen) atoms. The maximum atomic E-state index is 12.8. The summed E-state index contributed by atoms with van der Waals surface area (Å²) in [5, 5.41) is 12.7. The van der Waals surface area contributed by atoms with Crippen LogP contribution in [-0.2, 0) is 16.4 Å². The van der Waals surface area contributed by atoms with Crippen LogP contribution in [0.5, 0.6) is 5.75 Å². The molecule has 10 heteroatoms. The quantitative estimate of drug-likeness (QED) is 0.439. The van der Waals surface area contributed by atoms with Gasteiger partial charge in [0.1, 0.15) is 11.9 Å². The number of carbonyl (C=O) groups is 1. The first-order chi connectivity index (χ1) is 16.8. The number of anilines is 1. The molecule has 1 aliphatic rings. The Kier molecular flexibility index (Phi) is 7.72. The molecule has 2 heterocycles. The predicted octanol–water partition coefficient (Wildman–Crippen LogP) is 3.63. The van der Waals surface area contributed by atoms with Crippen LogP contribution in [0.1, 0.15) is 25.3 Å². The Bertz CT molecular complexity index is 1220. The smallest absolute Gasteiger partial charge is 0.319 e. The highest BCUT2D eigenvalue weighted by Crippen LogP contribution is 2.33. The van der Waals surface area contributed by atoms with Crippen LogP contribution in [0, 0.1) is 0 Å². The van der Waals surface area contributed by atoms with Crippen molar-refractivity contribution in [3.05, 3.63) is 66.5 Å². The largest absolute Gasteiger partial charge is 0.488 e. The van der Waals surface area contributed by atoms with E-state index in [1.165, 1.54) is 10.6 Å². The Morgan fingerprint density at radius 2 is 1.91 bits per heavy atom. The number of ether oxygens (including phenoxy) is 1. The normalized spacial score (nSPS) is 15.9. The molecule has 2 aromatic carbocycles. The van der Waals surface area contributed by atoms with Gasteiger partial charge in [0.15, 0.2) is 0 Å². The lowest BCUT2D eigenvalue weighted by Crippen LogP contribution is -2.41. The van der Waals surface area contributed by atoms with Gasteiger partial charge in [0.05, 0.1) is 18.1 Å². The molecular formula is C25H31N5O4S. The molecule has 1 saturated heterocycles. The zero-order valence-corrected chi connectivity index (χ0v) is 20.7. The third-order valence-electron chi connectivity index (χ3n) is 5.99. The number of aromatic amines is 1. The molecule has 1 atom stereocenters. The van der Waals surface area contributed by atoms with Gasteiger partial charge in [0.25, 0.3) is 0 Å². The fraction of sp³-hybridized carbons (Fsp3) is 0.360. The van der Waals surface area contributed by atoms with E-state index in [0.29, 0.717) is 37.4 Å². The summed E-state index contributed by atoms with van der Waals surface area (Å²) >= 11 is 0. The second-order valence-corrected chi connectivity index (χ2v) is 10.8. The zero-order chi connectivity index (χ0) is 24.8. The fourth-order valence-corrected chi connectivity index (χ4v) is 5.05. The summed E-state index contributed by atoms with van der Waals surface area (Å²) in [6.45, 7) is 2.78.